The zero-order valence-electron chi connectivity index (χ0n) is 16.3. The van der Waals surface area contributed by atoms with Crippen molar-refractivity contribution in [2.75, 3.05) is 6.61 Å². The van der Waals surface area contributed by atoms with Gasteiger partial charge in [-0.1, -0.05) is 36.8 Å². The standard InChI is InChI=1S/C22H29NO3/c1-6-20(26-21-13-16(3)7-10-17(21)4)22(24)23-18(5)14-25-19-11-8-15(2)9-12-19/h7-13,18,20H,6,14H2,1-5H3,(H,23,24)/t18-,20-/m0/s1. The molecule has 0 unspecified atom stereocenters. The molecule has 0 saturated carbocycles. The third-order valence-electron chi connectivity index (χ3n) is 4.19. The number of rotatable bonds is 8. The van der Waals surface area contributed by atoms with Crippen molar-refractivity contribution in [3.63, 3.8) is 0 Å². The second-order valence-corrected chi connectivity index (χ2v) is 6.82. The van der Waals surface area contributed by atoms with E-state index in [0.29, 0.717) is 13.0 Å². The number of carbonyl (C=O) groups excluding carboxylic acids is 1. The molecule has 4 heteroatoms. The van der Waals surface area contributed by atoms with E-state index < -0.39 is 6.10 Å². The van der Waals surface area contributed by atoms with Gasteiger partial charge in [0.25, 0.3) is 5.91 Å². The summed E-state index contributed by atoms with van der Waals surface area (Å²) < 4.78 is 11.7. The van der Waals surface area contributed by atoms with Crippen molar-refractivity contribution >= 4 is 5.91 Å². The summed E-state index contributed by atoms with van der Waals surface area (Å²) >= 11 is 0. The van der Waals surface area contributed by atoms with Gasteiger partial charge in [-0.05, 0) is 63.4 Å². The third kappa shape index (κ3) is 5.80. The fraction of sp³-hybridized carbons (Fsp3) is 0.409. The SMILES string of the molecule is CC[C@H](Oc1cc(C)ccc1C)C(=O)N[C@@H](C)COc1ccc(C)cc1. The molecule has 0 fully saturated rings. The van der Waals surface area contributed by atoms with Crippen LogP contribution in [0, 0.1) is 20.8 Å². The summed E-state index contributed by atoms with van der Waals surface area (Å²) in [5.41, 5.74) is 3.33. The minimum Gasteiger partial charge on any atom is -0.491 e. The summed E-state index contributed by atoms with van der Waals surface area (Å²) in [6.45, 7) is 10.3. The van der Waals surface area contributed by atoms with Gasteiger partial charge < -0.3 is 14.8 Å². The summed E-state index contributed by atoms with van der Waals surface area (Å²) in [5.74, 6) is 1.44. The van der Waals surface area contributed by atoms with E-state index in [-0.39, 0.29) is 11.9 Å². The van der Waals surface area contributed by atoms with Crippen molar-refractivity contribution in [3.05, 3.63) is 59.2 Å². The highest BCUT2D eigenvalue weighted by atomic mass is 16.5. The molecule has 2 aromatic rings. The van der Waals surface area contributed by atoms with Crippen LogP contribution in [0.25, 0.3) is 0 Å². The van der Waals surface area contributed by atoms with E-state index in [1.807, 2.05) is 77.1 Å². The maximum Gasteiger partial charge on any atom is 0.261 e. The first-order chi connectivity index (χ1) is 12.4. The summed E-state index contributed by atoms with van der Waals surface area (Å²) in [6.07, 6.45) is 0.0856. The lowest BCUT2D eigenvalue weighted by Crippen LogP contribution is -2.44. The lowest BCUT2D eigenvalue weighted by molar-refractivity contribution is -0.129. The minimum atomic E-state index is -0.516. The van der Waals surface area contributed by atoms with Crippen molar-refractivity contribution in [1.29, 1.82) is 0 Å². The maximum atomic E-state index is 12.5. The molecule has 140 valence electrons. The van der Waals surface area contributed by atoms with Gasteiger partial charge in [-0.25, -0.2) is 0 Å². The lowest BCUT2D eigenvalue weighted by atomic mass is 10.1. The molecular weight excluding hydrogens is 326 g/mol. The first-order valence-corrected chi connectivity index (χ1v) is 9.12. The van der Waals surface area contributed by atoms with Crippen molar-refractivity contribution in [3.8, 4) is 11.5 Å². The molecule has 0 aromatic heterocycles. The van der Waals surface area contributed by atoms with Crippen molar-refractivity contribution in [1.82, 2.24) is 5.32 Å². The Morgan fingerprint density at radius 2 is 1.69 bits per heavy atom. The van der Waals surface area contributed by atoms with Crippen LogP contribution in [0.5, 0.6) is 11.5 Å². The molecule has 0 spiro atoms. The van der Waals surface area contributed by atoms with Gasteiger partial charge in [-0.3, -0.25) is 4.79 Å². The average Bonchev–Trinajstić information content (AvgIpc) is 2.61. The van der Waals surface area contributed by atoms with Crippen molar-refractivity contribution in [2.45, 2.75) is 53.2 Å². The molecule has 1 amide bonds. The maximum absolute atomic E-state index is 12.5. The number of hydrogen-bond donors (Lipinski definition) is 1. The molecule has 4 nitrogen and oxygen atoms in total. The molecule has 0 saturated heterocycles. The van der Waals surface area contributed by atoms with Crippen LogP contribution in [-0.4, -0.2) is 24.7 Å². The number of hydrogen-bond acceptors (Lipinski definition) is 3. The van der Waals surface area contributed by atoms with Gasteiger partial charge in [0.1, 0.15) is 18.1 Å². The number of ether oxygens (including phenoxy) is 2. The number of benzene rings is 2. The minimum absolute atomic E-state index is 0.111. The molecule has 0 bridgehead atoms. The Labute approximate surface area is 156 Å². The lowest BCUT2D eigenvalue weighted by Gasteiger charge is -2.22. The highest BCUT2D eigenvalue weighted by molar-refractivity contribution is 5.81. The van der Waals surface area contributed by atoms with Gasteiger partial charge in [0.2, 0.25) is 0 Å². The zero-order chi connectivity index (χ0) is 19.1. The Balaban J connectivity index is 1.89. The Morgan fingerprint density at radius 3 is 2.35 bits per heavy atom. The van der Waals surface area contributed by atoms with Gasteiger partial charge >= 0.3 is 0 Å². The van der Waals surface area contributed by atoms with Crippen LogP contribution in [0.4, 0.5) is 0 Å². The number of nitrogens with one attached hydrogen (secondary N) is 1. The topological polar surface area (TPSA) is 47.6 Å². The quantitative estimate of drug-likeness (QED) is 0.766. The Bertz CT molecular complexity index is 725. The Kier molecular flexibility index (Phi) is 7.07. The summed E-state index contributed by atoms with van der Waals surface area (Å²) in [5, 5.41) is 2.98. The second-order valence-electron chi connectivity index (χ2n) is 6.82. The molecule has 1 N–H and O–H groups in total. The first kappa shape index (κ1) is 19.8. The number of carbonyl (C=O) groups is 1. The molecule has 2 rings (SSSR count). The molecular formula is C22H29NO3. The van der Waals surface area contributed by atoms with E-state index in [4.69, 9.17) is 9.47 Å². The van der Waals surface area contributed by atoms with Crippen LogP contribution >= 0.6 is 0 Å². The van der Waals surface area contributed by atoms with Crippen LogP contribution in [0.3, 0.4) is 0 Å². The van der Waals surface area contributed by atoms with Crippen LogP contribution in [0.15, 0.2) is 42.5 Å². The number of amides is 1. The van der Waals surface area contributed by atoms with Crippen LogP contribution < -0.4 is 14.8 Å². The van der Waals surface area contributed by atoms with Crippen LogP contribution in [0.1, 0.15) is 37.0 Å². The zero-order valence-corrected chi connectivity index (χ0v) is 16.3. The Hall–Kier alpha value is -2.49. The van der Waals surface area contributed by atoms with Crippen LogP contribution in [0.2, 0.25) is 0 Å². The van der Waals surface area contributed by atoms with Gasteiger partial charge in [-0.2, -0.15) is 0 Å². The van der Waals surface area contributed by atoms with E-state index in [2.05, 4.69) is 5.32 Å². The highest BCUT2D eigenvalue weighted by Gasteiger charge is 2.21. The smallest absolute Gasteiger partial charge is 0.261 e. The van der Waals surface area contributed by atoms with Crippen molar-refractivity contribution in [2.24, 2.45) is 0 Å². The van der Waals surface area contributed by atoms with Crippen LogP contribution in [-0.2, 0) is 4.79 Å². The Morgan fingerprint density at radius 1 is 1.04 bits per heavy atom. The first-order valence-electron chi connectivity index (χ1n) is 9.12. The molecule has 0 aliphatic rings. The molecule has 0 aliphatic carbocycles. The fourth-order valence-corrected chi connectivity index (χ4v) is 2.54. The molecule has 2 atom stereocenters. The normalized spacial score (nSPS) is 13.0. The van der Waals surface area contributed by atoms with E-state index in [1.165, 1.54) is 5.56 Å². The van der Waals surface area contributed by atoms with Gasteiger partial charge in [-0.15, -0.1) is 0 Å². The van der Waals surface area contributed by atoms with E-state index in [0.717, 1.165) is 22.6 Å². The van der Waals surface area contributed by atoms with Gasteiger partial charge in [0, 0.05) is 0 Å². The monoisotopic (exact) mass is 355 g/mol. The van der Waals surface area contributed by atoms with E-state index in [1.54, 1.807) is 0 Å². The summed E-state index contributed by atoms with van der Waals surface area (Å²) in [7, 11) is 0. The highest BCUT2D eigenvalue weighted by Crippen LogP contribution is 2.21. The van der Waals surface area contributed by atoms with Gasteiger partial charge in [0.15, 0.2) is 6.10 Å². The summed E-state index contributed by atoms with van der Waals surface area (Å²) in [6, 6.07) is 13.8. The van der Waals surface area contributed by atoms with Gasteiger partial charge in [0.05, 0.1) is 6.04 Å². The van der Waals surface area contributed by atoms with E-state index >= 15 is 0 Å². The molecule has 0 heterocycles. The second kappa shape index (κ2) is 9.27. The number of aryl methyl sites for hydroxylation is 3. The summed E-state index contributed by atoms with van der Waals surface area (Å²) in [4.78, 5) is 12.5. The predicted octanol–water partition coefficient (Wildman–Crippen LogP) is 4.35. The fourth-order valence-electron chi connectivity index (χ4n) is 2.54. The molecule has 2 aromatic carbocycles. The molecule has 0 aliphatic heterocycles. The van der Waals surface area contributed by atoms with E-state index in [9.17, 15) is 4.79 Å². The third-order valence-corrected chi connectivity index (χ3v) is 4.19. The average molecular weight is 355 g/mol. The molecule has 26 heavy (non-hydrogen) atoms. The van der Waals surface area contributed by atoms with Crippen molar-refractivity contribution < 1.29 is 14.3 Å². The largest absolute Gasteiger partial charge is 0.491 e. The molecule has 0 radical (unpaired) electrons. The predicted molar refractivity (Wildman–Crippen MR) is 105 cm³/mol.